The number of halogens is 4. The quantitative estimate of drug-likeness (QED) is 0.0357. The number of hydrogen-bond acceptors (Lipinski definition) is 28. The maximum absolute atomic E-state index is 16.3. The zero-order chi connectivity index (χ0) is 90.5. The third kappa shape index (κ3) is 21.4. The number of hydrazine groups is 1. The van der Waals surface area contributed by atoms with E-state index in [0.717, 1.165) is 60.7 Å². The fourth-order valence-corrected chi connectivity index (χ4v) is 15.9. The number of rotatable bonds is 21. The number of nitrogens with one attached hydrogen (secondary N) is 10. The predicted octanol–water partition coefficient (Wildman–Crippen LogP) is 4.01. The Kier molecular flexibility index (Phi) is 29.2. The molecule has 7 aliphatic heterocycles. The van der Waals surface area contributed by atoms with Crippen LogP contribution in [0.2, 0.25) is 20.1 Å². The van der Waals surface area contributed by atoms with Gasteiger partial charge in [-0.3, -0.25) is 53.1 Å². The fraction of sp³-hybridized carbons (Fsp3) is 0.398. The summed E-state index contributed by atoms with van der Waals surface area (Å²) in [7, 11) is 0. The summed E-state index contributed by atoms with van der Waals surface area (Å²) < 4.78 is 40.9. The first-order valence-corrected chi connectivity index (χ1v) is 40.9. The number of nitrogens with zero attached hydrogens (tertiary/aromatic N) is 3. The molecule has 0 unspecified atom stereocenters. The number of hydrogen-bond donors (Lipinski definition) is 19. The molecule has 2 fully saturated rings. The molecule has 42 heteroatoms. The molecule has 2 saturated heterocycles. The number of amides is 9. The van der Waals surface area contributed by atoms with Gasteiger partial charge in [-0.1, -0.05) is 91.4 Å². The van der Waals surface area contributed by atoms with E-state index in [0.29, 0.717) is 10.6 Å². The molecule has 20 N–H and O–H groups in total. The van der Waals surface area contributed by atoms with Crippen molar-refractivity contribution in [2.24, 2.45) is 17.6 Å². The van der Waals surface area contributed by atoms with E-state index < -0.39 is 242 Å². The van der Waals surface area contributed by atoms with E-state index in [-0.39, 0.29) is 89.5 Å². The molecule has 6 aromatic carbocycles. The minimum atomic E-state index is -2.36. The summed E-state index contributed by atoms with van der Waals surface area (Å²) in [5, 5.41) is 126. The average molecular weight is 1810 g/mol. The number of primary amides is 1. The van der Waals surface area contributed by atoms with Gasteiger partial charge >= 0.3 is 5.69 Å². The highest BCUT2D eigenvalue weighted by molar-refractivity contribution is 6.42. The molecule has 9 amide bonds. The lowest BCUT2D eigenvalue weighted by molar-refractivity contribution is -0.330. The van der Waals surface area contributed by atoms with Crippen LogP contribution in [0.15, 0.2) is 114 Å². The monoisotopic (exact) mass is 1810 g/mol. The summed E-state index contributed by atoms with van der Waals surface area (Å²) >= 11 is 26.6. The van der Waals surface area contributed by atoms with Crippen LogP contribution in [0.4, 0.5) is 5.82 Å². The van der Waals surface area contributed by atoms with Crippen molar-refractivity contribution in [3.8, 4) is 63.2 Å². The van der Waals surface area contributed by atoms with Crippen molar-refractivity contribution < 1.29 is 112 Å². The molecule has 0 spiro atoms. The number of fused-ring (bicyclic) bond motifs is 15. The Labute approximate surface area is 732 Å². The van der Waals surface area contributed by atoms with E-state index in [1.165, 1.54) is 61.0 Å². The zero-order valence-electron chi connectivity index (χ0n) is 67.5. The van der Waals surface area contributed by atoms with Crippen molar-refractivity contribution in [2.75, 3.05) is 18.4 Å². The van der Waals surface area contributed by atoms with Crippen LogP contribution in [-0.4, -0.2) is 190 Å². The third-order valence-corrected chi connectivity index (χ3v) is 22.9. The summed E-state index contributed by atoms with van der Waals surface area (Å²) in [4.78, 5) is 150. The summed E-state index contributed by atoms with van der Waals surface area (Å²) in [6.07, 6.45) is -17.0. The van der Waals surface area contributed by atoms with Gasteiger partial charge in [0.05, 0.1) is 57.3 Å². The summed E-state index contributed by atoms with van der Waals surface area (Å²) in [6, 6.07) is 8.91. The number of nitrogens with two attached hydrogens (primary N) is 1. The molecule has 664 valence electrons. The molecule has 11 bridgehead atoms. The van der Waals surface area contributed by atoms with Gasteiger partial charge in [-0.2, -0.15) is 10.2 Å². The number of benzene rings is 6. The van der Waals surface area contributed by atoms with Crippen LogP contribution < -0.4 is 79.0 Å². The van der Waals surface area contributed by atoms with Gasteiger partial charge in [0.15, 0.2) is 23.9 Å². The van der Waals surface area contributed by atoms with E-state index in [1.807, 2.05) is 19.9 Å². The molecule has 125 heavy (non-hydrogen) atoms. The van der Waals surface area contributed by atoms with E-state index in [1.54, 1.807) is 19.9 Å². The van der Waals surface area contributed by atoms with Crippen molar-refractivity contribution >= 4 is 105 Å². The van der Waals surface area contributed by atoms with Crippen LogP contribution in [0, 0.1) is 23.2 Å². The van der Waals surface area contributed by atoms with Gasteiger partial charge in [0, 0.05) is 67.3 Å². The van der Waals surface area contributed by atoms with Gasteiger partial charge < -0.3 is 118 Å². The van der Waals surface area contributed by atoms with E-state index in [2.05, 4.69) is 58.4 Å². The van der Waals surface area contributed by atoms with Crippen molar-refractivity contribution in [2.45, 2.75) is 183 Å². The summed E-state index contributed by atoms with van der Waals surface area (Å²) in [5.41, 5.74) is 6.51. The number of aromatic nitrogens is 2. The molecule has 1 aromatic heterocycles. The summed E-state index contributed by atoms with van der Waals surface area (Å²) in [6.45, 7) is 9.53. The first-order valence-electron chi connectivity index (χ1n) is 39.4. The van der Waals surface area contributed by atoms with Crippen LogP contribution in [0.25, 0.3) is 11.1 Å². The van der Waals surface area contributed by atoms with Crippen molar-refractivity contribution in [1.82, 2.24) is 57.6 Å². The van der Waals surface area contributed by atoms with Crippen molar-refractivity contribution in [1.29, 1.82) is 5.26 Å². The first kappa shape index (κ1) is 92.7. The maximum atomic E-state index is 16.3. The Bertz CT molecular complexity index is 5450. The number of carbonyl (C=O) groups excluding carboxylic acids is 9. The fourth-order valence-electron chi connectivity index (χ4n) is 15.1. The number of aliphatic hydroxyl groups excluding tert-OH is 5. The molecule has 7 aliphatic rings. The van der Waals surface area contributed by atoms with E-state index in [4.69, 9.17) is 80.6 Å². The Balaban J connectivity index is 0.989. The van der Waals surface area contributed by atoms with Gasteiger partial charge in [0.1, 0.15) is 95.2 Å². The second kappa shape index (κ2) is 39.3. The number of aliphatic hydroxyl groups is 5. The molecular formula is C83H90Cl4N14O24. The Morgan fingerprint density at radius 2 is 1.34 bits per heavy atom. The third-order valence-electron chi connectivity index (χ3n) is 21.6. The Hall–Kier alpha value is -11.5. The lowest BCUT2D eigenvalue weighted by Gasteiger charge is -2.48. The van der Waals surface area contributed by atoms with Gasteiger partial charge in [-0.05, 0) is 139 Å². The highest BCUT2D eigenvalue weighted by Gasteiger charge is 2.52. The molecule has 0 radical (unpaired) electrons. The van der Waals surface area contributed by atoms with Crippen LogP contribution >= 0.6 is 46.4 Å². The zero-order valence-corrected chi connectivity index (χ0v) is 70.5. The molecule has 7 aromatic rings. The maximum Gasteiger partial charge on any atom is 0.349 e. The minimum Gasteiger partial charge on any atom is -0.508 e. The highest BCUT2D eigenvalue weighted by Crippen LogP contribution is 2.50. The second-order valence-electron chi connectivity index (χ2n) is 31.3. The lowest BCUT2D eigenvalue weighted by Crippen LogP contribution is -2.65. The molecule has 18 atom stereocenters. The van der Waals surface area contributed by atoms with Crippen molar-refractivity contribution in [3.05, 3.63) is 173 Å². The van der Waals surface area contributed by atoms with E-state index in [9.17, 15) is 74.9 Å². The summed E-state index contributed by atoms with van der Waals surface area (Å²) in [5.74, 6) is -16.3. The SMILES string of the molecule is CC(C)C[C@@H](C)C(=O)N[C@H]1C(=O)N[C@@H](CC(N)=O)C(=O)N[C@H]2C(=O)N[C@H]3C(=O)N[C@H](C(=O)N[C@@H](C(=O)NNCCC#N)c4cc(O)cc(O)c4-c4cc3ccc4O)[C@H](O)c3ccc(c(Cl)c3)Oc3cc2cc(c3O[C@@H]2O[C@H](C)[C@@H](O)[C@H](O)[C@H]2O[C@H]2C[C@](C)(NCCn3ccc(NC(=O)Cc4ccc(Cl)c(Cl)c4)nc3=O)[C@H](O)[C@H](C)O2)Oc2ccc(cc2Cl)[C@H]1O. The number of nitriles is 1. The largest absolute Gasteiger partial charge is 0.508 e. The van der Waals surface area contributed by atoms with Crippen molar-refractivity contribution in [3.63, 3.8) is 0 Å². The Morgan fingerprint density at radius 1 is 0.688 bits per heavy atom. The Morgan fingerprint density at radius 3 is 1.99 bits per heavy atom. The molecule has 0 saturated carbocycles. The number of phenolic OH excluding ortho intramolecular Hbond substituents is 3. The van der Waals surface area contributed by atoms with Crippen LogP contribution in [-0.2, 0) is 70.3 Å². The van der Waals surface area contributed by atoms with Gasteiger partial charge in [-0.25, -0.2) is 10.2 Å². The van der Waals surface area contributed by atoms with Crippen LogP contribution in [0.5, 0.6) is 46.0 Å². The van der Waals surface area contributed by atoms with Gasteiger partial charge in [0.2, 0.25) is 59.3 Å². The van der Waals surface area contributed by atoms with E-state index >= 15 is 19.2 Å². The standard InChI is InChI=1S/C83H90Cl4N14O24/c1-34(2)22-35(3)74(112)98-65-68(108)40-10-14-53(48(86)26-40)122-55-28-42-29-56(71(55)125-81-72(70(110)67(107)36(4)121-81)124-60-33-83(6,73(111)37(5)120-60)90-19-21-101-20-16-58(94-82(101)119)93-59(106)24-38-8-12-46(84)47(85)23-38)123-54-15-11-41(27-49(54)87)69(109)66-79(117)97-64(80(118)100-91-18-7-17-88)45-30-43(102)31-52(104)61(45)44-25-39(9-13-51(44)103)62(76(114)99-66)96-77(115)63(42)95-75(113)50(32-57(89)105)92-78(65)116/h8-16,20,23,25-31,34-37,50,60,62-70,72-73,81,90-91,102-104,107-111H,7,18-19,21-22,24,32-33H2,1-6H3,(H2,89,105)(H,92,116)(H,95,113)(H,96,115)(H,97,117)(H,98,112)(H,99,114)(H,100,118)(H,93,94,106,119)/t35-,36-,37+,50+,60+,62-,63-,64-,65-,66+,67-,68-,69-,70+,72-,73-,81+,83+/m1/s1. The van der Waals surface area contributed by atoms with Crippen LogP contribution in [0.1, 0.15) is 131 Å². The van der Waals surface area contributed by atoms with Crippen LogP contribution in [0.3, 0.4) is 0 Å². The van der Waals surface area contributed by atoms with Gasteiger partial charge in [0.25, 0.3) is 5.91 Å². The highest BCUT2D eigenvalue weighted by atomic mass is 35.5. The number of aromatic hydroxyl groups is 3. The van der Waals surface area contributed by atoms with Gasteiger partial charge in [-0.15, -0.1) is 0 Å². The number of phenols is 3. The predicted molar refractivity (Wildman–Crippen MR) is 444 cm³/mol. The second-order valence-corrected chi connectivity index (χ2v) is 33.0. The molecule has 14 rings (SSSR count). The average Bonchev–Trinajstić information content (AvgIpc) is 0.763. The minimum absolute atomic E-state index is 0.0151. The molecule has 8 heterocycles. The molecule has 0 aliphatic carbocycles. The normalized spacial score (nSPS) is 25.9. The number of ether oxygens (including phenoxy) is 6. The first-order chi connectivity index (χ1) is 59.3. The lowest BCUT2D eigenvalue weighted by atomic mass is 9.85. The smallest absolute Gasteiger partial charge is 0.349 e. The molecular weight excluding hydrogens is 1720 g/mol. The topological polar surface area (TPSA) is 576 Å². The molecule has 38 nitrogen and oxygen atoms in total. The number of anilines is 1. The number of carbonyl (C=O) groups is 9.